The fraction of sp³-hybridized carbons (Fsp3) is 0. The number of rotatable bonds is 2. The van der Waals surface area contributed by atoms with Gasteiger partial charge in [0.25, 0.3) is 5.91 Å². The molecule has 0 atom stereocenters. The zero-order chi connectivity index (χ0) is 11.0. The highest BCUT2D eigenvalue weighted by atomic mass is 32.1. The third kappa shape index (κ3) is 1.62. The Labute approximate surface area is 98.9 Å². The molecule has 0 saturated carbocycles. The largest absolute Gasteiger partial charge is 0.306 e. The number of carbonyl (C=O) groups excluding carboxylic acids is 1. The van der Waals surface area contributed by atoms with Crippen LogP contribution in [0.25, 0.3) is 9.40 Å². The Hall–Kier alpha value is -1.66. The molecule has 0 bridgehead atoms. The average Bonchev–Trinajstić information content (AvgIpc) is 2.91. The molecule has 0 unspecified atom stereocenters. The summed E-state index contributed by atoms with van der Waals surface area (Å²) in [6, 6.07) is 5.65. The van der Waals surface area contributed by atoms with Crippen LogP contribution in [0.1, 0.15) is 9.67 Å². The van der Waals surface area contributed by atoms with Gasteiger partial charge in [0, 0.05) is 15.5 Å². The number of nitrogens with zero attached hydrogens (tertiary/aromatic N) is 1. The van der Waals surface area contributed by atoms with E-state index in [9.17, 15) is 4.79 Å². The molecule has 1 amide bonds. The summed E-state index contributed by atoms with van der Waals surface area (Å²) in [7, 11) is 0. The predicted octanol–water partition coefficient (Wildman–Crippen LogP) is 2.94. The molecule has 2 N–H and O–H groups in total. The minimum atomic E-state index is -0.0994. The molecule has 0 fully saturated rings. The van der Waals surface area contributed by atoms with Crippen LogP contribution >= 0.6 is 22.7 Å². The first-order valence-electron chi connectivity index (χ1n) is 4.61. The van der Waals surface area contributed by atoms with Gasteiger partial charge in [-0.25, -0.2) is 0 Å². The summed E-state index contributed by atoms with van der Waals surface area (Å²) in [5.74, 6) is 0.513. The van der Waals surface area contributed by atoms with E-state index in [0.29, 0.717) is 5.82 Å². The summed E-state index contributed by atoms with van der Waals surface area (Å²) in [5, 5.41) is 11.2. The van der Waals surface area contributed by atoms with Crippen LogP contribution in [0.2, 0.25) is 0 Å². The minimum Gasteiger partial charge on any atom is -0.306 e. The minimum absolute atomic E-state index is 0.0994. The Bertz CT molecular complexity index is 595. The van der Waals surface area contributed by atoms with Gasteiger partial charge in [0.2, 0.25) is 0 Å². The van der Waals surface area contributed by atoms with Crippen molar-refractivity contribution in [2.45, 2.75) is 0 Å². The second kappa shape index (κ2) is 3.73. The van der Waals surface area contributed by atoms with E-state index in [1.54, 1.807) is 23.6 Å². The number of aromatic nitrogens is 2. The van der Waals surface area contributed by atoms with E-state index in [4.69, 9.17) is 0 Å². The second-order valence-electron chi connectivity index (χ2n) is 3.18. The Balaban J connectivity index is 1.87. The van der Waals surface area contributed by atoms with Crippen molar-refractivity contribution >= 4 is 43.8 Å². The van der Waals surface area contributed by atoms with Crippen LogP contribution in [-0.2, 0) is 0 Å². The van der Waals surface area contributed by atoms with Gasteiger partial charge in [-0.1, -0.05) is 0 Å². The number of amides is 1. The second-order valence-corrected chi connectivity index (χ2v) is 5.22. The molecule has 3 aromatic rings. The SMILES string of the molecule is O=C(Nc1ccn[nH]1)c1cc2sccc2s1. The molecule has 3 rings (SSSR count). The summed E-state index contributed by atoms with van der Waals surface area (Å²) in [4.78, 5) is 12.6. The number of carbonyl (C=O) groups is 1. The predicted molar refractivity (Wildman–Crippen MR) is 66.2 cm³/mol. The lowest BCUT2D eigenvalue weighted by Crippen LogP contribution is -2.10. The van der Waals surface area contributed by atoms with Crippen molar-refractivity contribution in [2.75, 3.05) is 5.32 Å². The zero-order valence-electron chi connectivity index (χ0n) is 8.06. The van der Waals surface area contributed by atoms with E-state index in [1.807, 2.05) is 17.5 Å². The van der Waals surface area contributed by atoms with Crippen molar-refractivity contribution in [1.82, 2.24) is 10.2 Å². The lowest BCUT2D eigenvalue weighted by molar-refractivity contribution is 0.103. The van der Waals surface area contributed by atoms with Crippen LogP contribution in [0.15, 0.2) is 29.8 Å². The Morgan fingerprint density at radius 2 is 2.31 bits per heavy atom. The quantitative estimate of drug-likeness (QED) is 0.733. The maximum atomic E-state index is 11.8. The van der Waals surface area contributed by atoms with Gasteiger partial charge in [0.15, 0.2) is 0 Å². The van der Waals surface area contributed by atoms with Crippen LogP contribution in [-0.4, -0.2) is 16.1 Å². The topological polar surface area (TPSA) is 57.8 Å². The molecule has 0 radical (unpaired) electrons. The monoisotopic (exact) mass is 249 g/mol. The van der Waals surface area contributed by atoms with Gasteiger partial charge in [-0.05, 0) is 17.5 Å². The van der Waals surface area contributed by atoms with Crippen LogP contribution in [0.3, 0.4) is 0 Å². The summed E-state index contributed by atoms with van der Waals surface area (Å²) >= 11 is 3.14. The van der Waals surface area contributed by atoms with Crippen molar-refractivity contribution in [1.29, 1.82) is 0 Å². The Morgan fingerprint density at radius 3 is 3.06 bits per heavy atom. The van der Waals surface area contributed by atoms with Gasteiger partial charge >= 0.3 is 0 Å². The third-order valence-corrected chi connectivity index (χ3v) is 4.20. The molecular weight excluding hydrogens is 242 g/mol. The fourth-order valence-corrected chi connectivity index (χ4v) is 3.39. The maximum absolute atomic E-state index is 11.8. The molecule has 0 aliphatic carbocycles. The highest BCUT2D eigenvalue weighted by Crippen LogP contribution is 2.30. The number of thiophene rings is 2. The van der Waals surface area contributed by atoms with Crippen molar-refractivity contribution in [3.05, 3.63) is 34.7 Å². The molecule has 3 heterocycles. The van der Waals surface area contributed by atoms with Crippen LogP contribution in [0.5, 0.6) is 0 Å². The summed E-state index contributed by atoms with van der Waals surface area (Å²) in [6.45, 7) is 0. The average molecular weight is 249 g/mol. The first kappa shape index (κ1) is 9.56. The van der Waals surface area contributed by atoms with Gasteiger partial charge in [0.1, 0.15) is 5.82 Å². The molecule has 4 nitrogen and oxygen atoms in total. The first-order chi connectivity index (χ1) is 7.83. The smallest absolute Gasteiger partial charge is 0.266 e. The number of anilines is 1. The van der Waals surface area contributed by atoms with Gasteiger partial charge < -0.3 is 5.32 Å². The third-order valence-electron chi connectivity index (χ3n) is 2.11. The first-order valence-corrected chi connectivity index (χ1v) is 6.30. The lowest BCUT2D eigenvalue weighted by Gasteiger charge is -1.97. The number of fused-ring (bicyclic) bond motifs is 1. The highest BCUT2D eigenvalue weighted by Gasteiger charge is 2.11. The fourth-order valence-electron chi connectivity index (χ4n) is 1.39. The highest BCUT2D eigenvalue weighted by molar-refractivity contribution is 7.27. The lowest BCUT2D eigenvalue weighted by atomic mass is 10.4. The summed E-state index contributed by atoms with van der Waals surface area (Å²) in [5.41, 5.74) is 0. The maximum Gasteiger partial charge on any atom is 0.266 e. The normalized spacial score (nSPS) is 10.8. The van der Waals surface area contributed by atoms with Crippen molar-refractivity contribution < 1.29 is 4.79 Å². The number of aromatic amines is 1. The summed E-state index contributed by atoms with van der Waals surface area (Å²) < 4.78 is 2.31. The van der Waals surface area contributed by atoms with E-state index in [2.05, 4.69) is 15.5 Å². The van der Waals surface area contributed by atoms with E-state index in [1.165, 1.54) is 11.3 Å². The number of hydrogen-bond donors (Lipinski definition) is 2. The standard InChI is InChI=1S/C10H7N3OS2/c14-10(12-9-1-3-11-13-9)8-5-7-6(16-8)2-4-15-7/h1-5H,(H2,11,12,13,14). The van der Waals surface area contributed by atoms with Gasteiger partial charge in [-0.2, -0.15) is 5.10 Å². The van der Waals surface area contributed by atoms with Crippen LogP contribution in [0, 0.1) is 0 Å². The van der Waals surface area contributed by atoms with Gasteiger partial charge in [0.05, 0.1) is 11.1 Å². The molecule has 0 aliphatic rings. The molecule has 0 aromatic carbocycles. The zero-order valence-corrected chi connectivity index (χ0v) is 9.69. The summed E-state index contributed by atoms with van der Waals surface area (Å²) in [6.07, 6.45) is 1.60. The number of nitrogens with one attached hydrogen (secondary N) is 2. The van der Waals surface area contributed by atoms with E-state index < -0.39 is 0 Å². The van der Waals surface area contributed by atoms with Crippen LogP contribution < -0.4 is 5.32 Å². The Kier molecular flexibility index (Phi) is 2.23. The number of H-pyrrole nitrogens is 1. The van der Waals surface area contributed by atoms with Gasteiger partial charge in [-0.3, -0.25) is 9.89 Å². The molecule has 80 valence electrons. The molecule has 3 aromatic heterocycles. The molecular formula is C10H7N3OS2. The Morgan fingerprint density at radius 1 is 1.38 bits per heavy atom. The molecule has 6 heteroatoms. The van der Waals surface area contributed by atoms with Crippen molar-refractivity contribution in [3.8, 4) is 0 Å². The van der Waals surface area contributed by atoms with Crippen LogP contribution in [0.4, 0.5) is 5.82 Å². The molecule has 0 saturated heterocycles. The molecule has 0 spiro atoms. The number of hydrogen-bond acceptors (Lipinski definition) is 4. The van der Waals surface area contributed by atoms with E-state index in [0.717, 1.165) is 14.3 Å². The molecule has 16 heavy (non-hydrogen) atoms. The van der Waals surface area contributed by atoms with Crippen molar-refractivity contribution in [2.24, 2.45) is 0 Å². The van der Waals surface area contributed by atoms with Gasteiger partial charge in [-0.15, -0.1) is 22.7 Å². The van der Waals surface area contributed by atoms with E-state index >= 15 is 0 Å². The van der Waals surface area contributed by atoms with Crippen molar-refractivity contribution in [3.63, 3.8) is 0 Å². The van der Waals surface area contributed by atoms with E-state index in [-0.39, 0.29) is 5.91 Å². The molecule has 0 aliphatic heterocycles.